The Labute approximate surface area is 112 Å². The van der Waals surface area contributed by atoms with Gasteiger partial charge in [0, 0.05) is 5.56 Å². The molecule has 0 heterocycles. The lowest BCUT2D eigenvalue weighted by molar-refractivity contribution is 0.180. The molecule has 0 saturated heterocycles. The second kappa shape index (κ2) is 4.63. The van der Waals surface area contributed by atoms with Crippen LogP contribution in [-0.4, -0.2) is 5.11 Å². The molecule has 3 rings (SSSR count). The van der Waals surface area contributed by atoms with Crippen molar-refractivity contribution in [2.75, 3.05) is 0 Å². The van der Waals surface area contributed by atoms with Gasteiger partial charge in [-0.1, -0.05) is 36.4 Å². The van der Waals surface area contributed by atoms with Crippen LogP contribution in [0.4, 0.5) is 4.39 Å². The van der Waals surface area contributed by atoms with Crippen LogP contribution in [0.25, 0.3) is 16.7 Å². The highest BCUT2D eigenvalue weighted by Crippen LogP contribution is 2.35. The lowest BCUT2D eigenvalue weighted by Gasteiger charge is -2.21. The maximum Gasteiger partial charge on any atom is 0.131 e. The molecular weight excluding hydrogens is 239 g/mol. The van der Waals surface area contributed by atoms with Gasteiger partial charge in [-0.25, -0.2) is 4.39 Å². The number of hydrogen-bond acceptors (Lipinski definition) is 1. The first-order valence-electron chi connectivity index (χ1n) is 6.41. The molecule has 19 heavy (non-hydrogen) atoms. The van der Waals surface area contributed by atoms with Crippen molar-refractivity contribution in [1.29, 1.82) is 0 Å². The number of hydrogen-bond donors (Lipinski definition) is 1. The Kier molecular flexibility index (Phi) is 2.96. The fraction of sp³-hybridized carbons (Fsp3) is 0.176. The average Bonchev–Trinajstić information content (AvgIpc) is 2.43. The monoisotopic (exact) mass is 254 g/mol. The van der Waals surface area contributed by atoms with Crippen molar-refractivity contribution < 1.29 is 9.50 Å². The number of allylic oxidation sites excluding steroid dienone is 1. The normalized spacial score (nSPS) is 17.8. The summed E-state index contributed by atoms with van der Waals surface area (Å²) in [7, 11) is 0. The zero-order valence-electron chi connectivity index (χ0n) is 10.7. The minimum Gasteiger partial charge on any atom is -0.388 e. The highest BCUT2D eigenvalue weighted by atomic mass is 19.1. The standard InChI is InChI=1S/C17H15FO/c1-11-6-9-17(19)14-8-7-12(10-15(11)14)13-4-2-3-5-16(13)18/h2-8,10,17,19H,9H2,1H3. The van der Waals surface area contributed by atoms with Gasteiger partial charge in [0.05, 0.1) is 6.10 Å². The summed E-state index contributed by atoms with van der Waals surface area (Å²) in [6.07, 6.45) is 2.23. The number of fused-ring (bicyclic) bond motifs is 1. The van der Waals surface area contributed by atoms with Gasteiger partial charge in [-0.05, 0) is 47.7 Å². The van der Waals surface area contributed by atoms with Crippen molar-refractivity contribution in [2.24, 2.45) is 0 Å². The summed E-state index contributed by atoms with van der Waals surface area (Å²) in [5.74, 6) is -0.222. The molecule has 1 aliphatic carbocycles. The van der Waals surface area contributed by atoms with E-state index in [0.29, 0.717) is 12.0 Å². The molecule has 1 N–H and O–H groups in total. The SMILES string of the molecule is CC1=CCC(O)c2ccc(-c3ccccc3F)cc21. The summed E-state index contributed by atoms with van der Waals surface area (Å²) >= 11 is 0. The third-order valence-corrected chi connectivity index (χ3v) is 3.67. The Balaban J connectivity index is 2.15. The van der Waals surface area contributed by atoms with Gasteiger partial charge < -0.3 is 5.11 Å². The number of aliphatic hydroxyl groups is 1. The number of halogens is 1. The van der Waals surface area contributed by atoms with Crippen molar-refractivity contribution in [3.8, 4) is 11.1 Å². The molecule has 2 aromatic carbocycles. The molecule has 1 atom stereocenters. The second-order valence-corrected chi connectivity index (χ2v) is 4.92. The van der Waals surface area contributed by atoms with Crippen molar-refractivity contribution in [2.45, 2.75) is 19.4 Å². The van der Waals surface area contributed by atoms with E-state index in [4.69, 9.17) is 0 Å². The van der Waals surface area contributed by atoms with Crippen LogP contribution in [0, 0.1) is 5.82 Å². The van der Waals surface area contributed by atoms with Gasteiger partial charge in [0.2, 0.25) is 0 Å². The molecule has 0 fully saturated rings. The molecule has 1 unspecified atom stereocenters. The van der Waals surface area contributed by atoms with Gasteiger partial charge in [-0.15, -0.1) is 0 Å². The zero-order valence-corrected chi connectivity index (χ0v) is 10.7. The Hall–Kier alpha value is -1.93. The smallest absolute Gasteiger partial charge is 0.131 e. The molecule has 1 aliphatic rings. The largest absolute Gasteiger partial charge is 0.388 e. The lowest BCUT2D eigenvalue weighted by atomic mass is 9.87. The fourth-order valence-corrected chi connectivity index (χ4v) is 2.58. The molecule has 2 aromatic rings. The van der Waals surface area contributed by atoms with Crippen molar-refractivity contribution in [1.82, 2.24) is 0 Å². The van der Waals surface area contributed by atoms with E-state index < -0.39 is 6.10 Å². The average molecular weight is 254 g/mol. The first-order valence-corrected chi connectivity index (χ1v) is 6.41. The molecule has 96 valence electrons. The molecule has 0 saturated carbocycles. The van der Waals surface area contributed by atoms with Crippen molar-refractivity contribution in [3.05, 3.63) is 65.5 Å². The molecule has 0 spiro atoms. The van der Waals surface area contributed by atoms with Gasteiger partial charge in [0.15, 0.2) is 0 Å². The maximum absolute atomic E-state index is 13.8. The Morgan fingerprint density at radius 2 is 1.89 bits per heavy atom. The summed E-state index contributed by atoms with van der Waals surface area (Å²) < 4.78 is 13.8. The van der Waals surface area contributed by atoms with Crippen LogP contribution in [0.1, 0.15) is 30.6 Å². The van der Waals surface area contributed by atoms with E-state index in [1.54, 1.807) is 12.1 Å². The molecule has 0 bridgehead atoms. The predicted octanol–water partition coefficient (Wildman–Crippen LogP) is 4.33. The summed E-state index contributed by atoms with van der Waals surface area (Å²) in [5, 5.41) is 9.98. The summed E-state index contributed by atoms with van der Waals surface area (Å²) in [4.78, 5) is 0. The van der Waals surface area contributed by atoms with Crippen LogP contribution in [-0.2, 0) is 0 Å². The Morgan fingerprint density at radius 3 is 2.68 bits per heavy atom. The van der Waals surface area contributed by atoms with Crippen LogP contribution < -0.4 is 0 Å². The molecule has 0 aromatic heterocycles. The van der Waals surface area contributed by atoms with E-state index in [2.05, 4.69) is 0 Å². The quantitative estimate of drug-likeness (QED) is 0.803. The molecule has 0 aliphatic heterocycles. The number of rotatable bonds is 1. The van der Waals surface area contributed by atoms with E-state index in [0.717, 1.165) is 22.3 Å². The van der Waals surface area contributed by atoms with E-state index in [1.165, 1.54) is 6.07 Å². The van der Waals surface area contributed by atoms with E-state index in [-0.39, 0.29) is 5.82 Å². The topological polar surface area (TPSA) is 20.2 Å². The van der Waals surface area contributed by atoms with Gasteiger partial charge in [0.1, 0.15) is 5.82 Å². The molecule has 0 amide bonds. The first kappa shape index (κ1) is 12.1. The van der Waals surface area contributed by atoms with E-state index in [9.17, 15) is 9.50 Å². The number of benzene rings is 2. The number of aliphatic hydroxyl groups excluding tert-OH is 1. The van der Waals surface area contributed by atoms with Gasteiger partial charge in [-0.2, -0.15) is 0 Å². The third kappa shape index (κ3) is 2.08. The van der Waals surface area contributed by atoms with Gasteiger partial charge in [0.25, 0.3) is 0 Å². The van der Waals surface area contributed by atoms with Crippen LogP contribution >= 0.6 is 0 Å². The van der Waals surface area contributed by atoms with Crippen molar-refractivity contribution >= 4 is 5.57 Å². The van der Waals surface area contributed by atoms with Gasteiger partial charge in [-0.3, -0.25) is 0 Å². The highest BCUT2D eigenvalue weighted by Gasteiger charge is 2.18. The second-order valence-electron chi connectivity index (χ2n) is 4.92. The minimum atomic E-state index is -0.451. The summed E-state index contributed by atoms with van der Waals surface area (Å²) in [6.45, 7) is 2.02. The molecule has 1 nitrogen and oxygen atoms in total. The first-order chi connectivity index (χ1) is 9.16. The third-order valence-electron chi connectivity index (χ3n) is 3.67. The fourth-order valence-electron chi connectivity index (χ4n) is 2.58. The van der Waals surface area contributed by atoms with E-state index >= 15 is 0 Å². The van der Waals surface area contributed by atoms with E-state index in [1.807, 2.05) is 37.3 Å². The van der Waals surface area contributed by atoms with Crippen molar-refractivity contribution in [3.63, 3.8) is 0 Å². The lowest BCUT2D eigenvalue weighted by Crippen LogP contribution is -2.05. The Morgan fingerprint density at radius 1 is 1.11 bits per heavy atom. The Bertz CT molecular complexity index is 658. The highest BCUT2D eigenvalue weighted by molar-refractivity contribution is 5.75. The summed E-state index contributed by atoms with van der Waals surface area (Å²) in [5.41, 5.74) is 4.52. The van der Waals surface area contributed by atoms with Gasteiger partial charge >= 0.3 is 0 Å². The van der Waals surface area contributed by atoms with Crippen LogP contribution in [0.15, 0.2) is 48.5 Å². The minimum absolute atomic E-state index is 0.222. The maximum atomic E-state index is 13.8. The predicted molar refractivity (Wildman–Crippen MR) is 75.1 cm³/mol. The molecular formula is C17H15FO. The molecule has 2 heteroatoms. The molecule has 0 radical (unpaired) electrons. The van der Waals surface area contributed by atoms with Crippen LogP contribution in [0.3, 0.4) is 0 Å². The zero-order chi connectivity index (χ0) is 13.4. The van der Waals surface area contributed by atoms with Crippen LogP contribution in [0.5, 0.6) is 0 Å². The van der Waals surface area contributed by atoms with Crippen LogP contribution in [0.2, 0.25) is 0 Å². The summed E-state index contributed by atoms with van der Waals surface area (Å²) in [6, 6.07) is 12.5.